The summed E-state index contributed by atoms with van der Waals surface area (Å²) in [7, 11) is 0. The number of ether oxygens (including phenoxy) is 1. The maximum absolute atomic E-state index is 12.4. The molecule has 0 saturated heterocycles. The first kappa shape index (κ1) is 19.7. The van der Waals surface area contributed by atoms with E-state index in [2.05, 4.69) is 15.8 Å². The van der Waals surface area contributed by atoms with E-state index in [9.17, 15) is 14.4 Å². The molecule has 7 heteroatoms. The smallest absolute Gasteiger partial charge is 0.338 e. The van der Waals surface area contributed by atoms with Gasteiger partial charge in [0.15, 0.2) is 6.61 Å². The van der Waals surface area contributed by atoms with Gasteiger partial charge in [0, 0.05) is 22.2 Å². The lowest BCUT2D eigenvalue weighted by atomic mass is 9.95. The third-order valence-corrected chi connectivity index (χ3v) is 5.30. The minimum atomic E-state index is -0.621. The average Bonchev–Trinajstić information content (AvgIpc) is 3.14. The molecule has 2 aromatic carbocycles. The van der Waals surface area contributed by atoms with Crippen molar-refractivity contribution in [3.05, 3.63) is 70.4 Å². The molecular weight excluding hydrogens is 382 g/mol. The van der Waals surface area contributed by atoms with Gasteiger partial charge in [-0.15, -0.1) is 0 Å². The van der Waals surface area contributed by atoms with Crippen LogP contribution in [0, 0.1) is 6.92 Å². The van der Waals surface area contributed by atoms with Crippen molar-refractivity contribution >= 4 is 28.7 Å². The number of hydrogen-bond acceptors (Lipinski definition) is 4. The van der Waals surface area contributed by atoms with E-state index in [1.807, 2.05) is 19.1 Å². The lowest BCUT2D eigenvalue weighted by molar-refractivity contribution is -0.125. The number of aromatic nitrogens is 1. The van der Waals surface area contributed by atoms with Gasteiger partial charge < -0.3 is 9.72 Å². The number of carbonyl (C=O) groups is 3. The SMILES string of the molecule is Cc1ccc(C(=O)NNC(=O)COC(=O)c2ccc3[nH]c4c(c3c2)CCCC4)cc1. The largest absolute Gasteiger partial charge is 0.452 e. The second-order valence-corrected chi connectivity index (χ2v) is 7.49. The molecule has 1 aliphatic rings. The van der Waals surface area contributed by atoms with E-state index in [-0.39, 0.29) is 0 Å². The van der Waals surface area contributed by atoms with Crippen molar-refractivity contribution in [1.29, 1.82) is 0 Å². The number of hydrogen-bond donors (Lipinski definition) is 3. The van der Waals surface area contributed by atoms with Crippen molar-refractivity contribution in [2.45, 2.75) is 32.6 Å². The Morgan fingerprint density at radius 2 is 1.70 bits per heavy atom. The molecule has 0 atom stereocenters. The molecule has 4 rings (SSSR count). The summed E-state index contributed by atoms with van der Waals surface area (Å²) in [6.45, 7) is 1.43. The maximum Gasteiger partial charge on any atom is 0.338 e. The van der Waals surface area contributed by atoms with Gasteiger partial charge in [-0.1, -0.05) is 17.7 Å². The number of H-pyrrole nitrogens is 1. The van der Waals surface area contributed by atoms with Crippen molar-refractivity contribution in [2.24, 2.45) is 0 Å². The molecule has 3 N–H and O–H groups in total. The van der Waals surface area contributed by atoms with Crippen LogP contribution >= 0.6 is 0 Å². The topological polar surface area (TPSA) is 100 Å². The second-order valence-electron chi connectivity index (χ2n) is 7.49. The van der Waals surface area contributed by atoms with Gasteiger partial charge in [0.2, 0.25) is 0 Å². The molecular formula is C23H23N3O4. The van der Waals surface area contributed by atoms with Crippen LogP contribution in [-0.4, -0.2) is 29.4 Å². The Balaban J connectivity index is 1.32. The average molecular weight is 405 g/mol. The first-order valence-corrected chi connectivity index (χ1v) is 9.98. The van der Waals surface area contributed by atoms with Crippen LogP contribution in [-0.2, 0) is 22.4 Å². The number of aryl methyl sites for hydroxylation is 3. The second kappa shape index (κ2) is 8.41. The van der Waals surface area contributed by atoms with E-state index in [1.165, 1.54) is 17.7 Å². The Morgan fingerprint density at radius 1 is 0.967 bits per heavy atom. The third kappa shape index (κ3) is 4.20. The summed E-state index contributed by atoms with van der Waals surface area (Å²) in [4.78, 5) is 39.7. The molecule has 2 amide bonds. The molecule has 7 nitrogen and oxygen atoms in total. The molecule has 30 heavy (non-hydrogen) atoms. The number of nitrogens with one attached hydrogen (secondary N) is 3. The zero-order valence-corrected chi connectivity index (χ0v) is 16.7. The highest BCUT2D eigenvalue weighted by Crippen LogP contribution is 2.29. The molecule has 0 fully saturated rings. The molecule has 1 aliphatic carbocycles. The van der Waals surface area contributed by atoms with E-state index in [0.717, 1.165) is 35.7 Å². The van der Waals surface area contributed by atoms with Crippen LogP contribution in [0.3, 0.4) is 0 Å². The summed E-state index contributed by atoms with van der Waals surface area (Å²) in [6, 6.07) is 12.3. The molecule has 0 aliphatic heterocycles. The van der Waals surface area contributed by atoms with Crippen LogP contribution in [0.2, 0.25) is 0 Å². The normalized spacial score (nSPS) is 12.8. The number of hydrazine groups is 1. The Hall–Kier alpha value is -3.61. The number of amides is 2. The summed E-state index contributed by atoms with van der Waals surface area (Å²) < 4.78 is 5.10. The van der Waals surface area contributed by atoms with E-state index >= 15 is 0 Å². The van der Waals surface area contributed by atoms with Gasteiger partial charge in [-0.2, -0.15) is 0 Å². The van der Waals surface area contributed by atoms with Gasteiger partial charge in [0.05, 0.1) is 5.56 Å². The lowest BCUT2D eigenvalue weighted by Crippen LogP contribution is -2.43. The van der Waals surface area contributed by atoms with Crippen LogP contribution in [0.1, 0.15) is 50.4 Å². The summed E-state index contributed by atoms with van der Waals surface area (Å²) >= 11 is 0. The van der Waals surface area contributed by atoms with Gasteiger partial charge in [0.25, 0.3) is 11.8 Å². The highest BCUT2D eigenvalue weighted by Gasteiger charge is 2.18. The number of fused-ring (bicyclic) bond motifs is 3. The summed E-state index contributed by atoms with van der Waals surface area (Å²) in [5.41, 5.74) is 9.91. The molecule has 0 bridgehead atoms. The van der Waals surface area contributed by atoms with Crippen molar-refractivity contribution in [3.8, 4) is 0 Å². The fourth-order valence-electron chi connectivity index (χ4n) is 3.69. The predicted molar refractivity (Wildman–Crippen MR) is 112 cm³/mol. The third-order valence-electron chi connectivity index (χ3n) is 5.30. The highest BCUT2D eigenvalue weighted by atomic mass is 16.5. The molecule has 0 radical (unpaired) electrons. The standard InChI is InChI=1S/C23H23N3O4/c1-14-6-8-15(9-7-14)22(28)26-25-21(27)13-30-23(29)16-10-11-20-18(12-16)17-4-2-3-5-19(17)24-20/h6-12,24H,2-5,13H2,1H3,(H,25,27)(H,26,28). The number of benzene rings is 2. The summed E-state index contributed by atoms with van der Waals surface area (Å²) in [5, 5.41) is 1.04. The monoisotopic (exact) mass is 405 g/mol. The van der Waals surface area contributed by atoms with E-state index in [1.54, 1.807) is 30.3 Å². The molecule has 1 aromatic heterocycles. The molecule has 0 unspecified atom stereocenters. The fraction of sp³-hybridized carbons (Fsp3) is 0.261. The zero-order valence-electron chi connectivity index (χ0n) is 16.7. The van der Waals surface area contributed by atoms with Crippen LogP contribution < -0.4 is 10.9 Å². The van der Waals surface area contributed by atoms with E-state index in [4.69, 9.17) is 4.74 Å². The summed E-state index contributed by atoms with van der Waals surface area (Å²) in [6.07, 6.45) is 4.34. The van der Waals surface area contributed by atoms with Crippen molar-refractivity contribution in [1.82, 2.24) is 15.8 Å². The fourth-order valence-corrected chi connectivity index (χ4v) is 3.69. The number of esters is 1. The van der Waals surface area contributed by atoms with E-state index < -0.39 is 24.4 Å². The van der Waals surface area contributed by atoms with Gasteiger partial charge in [-0.3, -0.25) is 20.4 Å². The predicted octanol–water partition coefficient (Wildman–Crippen LogP) is 2.97. The van der Waals surface area contributed by atoms with Crippen LogP contribution in [0.4, 0.5) is 0 Å². The van der Waals surface area contributed by atoms with Gasteiger partial charge in [0.1, 0.15) is 0 Å². The Kier molecular flexibility index (Phi) is 5.52. The molecule has 0 spiro atoms. The van der Waals surface area contributed by atoms with Crippen molar-refractivity contribution < 1.29 is 19.1 Å². The Labute approximate surface area is 173 Å². The Bertz CT molecular complexity index is 1120. The maximum atomic E-state index is 12.4. The molecule has 0 saturated carbocycles. The Morgan fingerprint density at radius 3 is 2.50 bits per heavy atom. The molecule has 3 aromatic rings. The minimum absolute atomic E-state index is 0.395. The molecule has 1 heterocycles. The van der Waals surface area contributed by atoms with Gasteiger partial charge >= 0.3 is 5.97 Å². The number of carbonyl (C=O) groups excluding carboxylic acids is 3. The highest BCUT2D eigenvalue weighted by molar-refractivity contribution is 5.98. The van der Waals surface area contributed by atoms with Gasteiger partial charge in [-0.05, 0) is 68.5 Å². The van der Waals surface area contributed by atoms with Crippen LogP contribution in [0.15, 0.2) is 42.5 Å². The van der Waals surface area contributed by atoms with Crippen molar-refractivity contribution in [2.75, 3.05) is 6.61 Å². The number of aromatic amines is 1. The van der Waals surface area contributed by atoms with E-state index in [0.29, 0.717) is 11.1 Å². The summed E-state index contributed by atoms with van der Waals surface area (Å²) in [5.74, 6) is -1.65. The lowest BCUT2D eigenvalue weighted by Gasteiger charge is -2.10. The first-order valence-electron chi connectivity index (χ1n) is 9.98. The van der Waals surface area contributed by atoms with Gasteiger partial charge in [-0.25, -0.2) is 4.79 Å². The van der Waals surface area contributed by atoms with Crippen LogP contribution in [0.5, 0.6) is 0 Å². The van der Waals surface area contributed by atoms with Crippen LogP contribution in [0.25, 0.3) is 10.9 Å². The number of rotatable bonds is 4. The minimum Gasteiger partial charge on any atom is -0.452 e. The molecule has 154 valence electrons. The zero-order chi connectivity index (χ0) is 21.1. The van der Waals surface area contributed by atoms with Crippen molar-refractivity contribution in [3.63, 3.8) is 0 Å². The quantitative estimate of drug-likeness (QED) is 0.459. The first-order chi connectivity index (χ1) is 14.5.